The number of anilines is 1. The largest absolute Gasteiger partial charge is 0.325 e. The first-order valence-electron chi connectivity index (χ1n) is 6.50. The molecule has 1 aliphatic carbocycles. The lowest BCUT2D eigenvalue weighted by molar-refractivity contribution is -0.122. The number of pyridine rings is 1. The third-order valence-corrected chi connectivity index (χ3v) is 3.71. The van der Waals surface area contributed by atoms with E-state index in [0.29, 0.717) is 0 Å². The van der Waals surface area contributed by atoms with Crippen LogP contribution in [0.4, 0.5) is 5.69 Å². The Hall–Kier alpha value is -0.840. The summed E-state index contributed by atoms with van der Waals surface area (Å²) in [6.45, 7) is 3.93. The second kappa shape index (κ2) is 7.81. The van der Waals surface area contributed by atoms with Gasteiger partial charge >= 0.3 is 0 Å². The van der Waals surface area contributed by atoms with Gasteiger partial charge in [-0.1, -0.05) is 12.8 Å². The molecule has 0 radical (unpaired) electrons. The Morgan fingerprint density at radius 3 is 2.70 bits per heavy atom. The summed E-state index contributed by atoms with van der Waals surface area (Å²) in [5, 5.41) is 2.93. The van der Waals surface area contributed by atoms with Crippen molar-refractivity contribution in [1.29, 1.82) is 0 Å². The first kappa shape index (κ1) is 19.2. The molecule has 2 unspecified atom stereocenters. The fraction of sp³-hybridized carbons (Fsp3) is 0.571. The van der Waals surface area contributed by atoms with Crippen LogP contribution in [0.15, 0.2) is 18.5 Å². The maximum absolute atomic E-state index is 12.3. The van der Waals surface area contributed by atoms with E-state index in [-0.39, 0.29) is 42.2 Å². The molecule has 0 saturated heterocycles. The molecule has 1 amide bonds. The first-order valence-corrected chi connectivity index (χ1v) is 6.50. The zero-order valence-corrected chi connectivity index (χ0v) is 13.5. The van der Waals surface area contributed by atoms with Crippen molar-refractivity contribution in [2.75, 3.05) is 5.32 Å². The molecule has 1 aromatic rings. The Balaban J connectivity index is 0.00000180. The van der Waals surface area contributed by atoms with Gasteiger partial charge in [0, 0.05) is 11.7 Å². The van der Waals surface area contributed by atoms with E-state index in [1.54, 1.807) is 12.4 Å². The van der Waals surface area contributed by atoms with Crippen molar-refractivity contribution in [1.82, 2.24) is 4.98 Å². The minimum absolute atomic E-state index is 0. The highest BCUT2D eigenvalue weighted by atomic mass is 35.5. The zero-order chi connectivity index (χ0) is 13.2. The van der Waals surface area contributed by atoms with Crippen LogP contribution in [0.2, 0.25) is 0 Å². The van der Waals surface area contributed by atoms with E-state index in [1.165, 1.54) is 0 Å². The van der Waals surface area contributed by atoms with Gasteiger partial charge in [0.1, 0.15) is 0 Å². The smallest absolute Gasteiger partial charge is 0.229 e. The number of carbonyl (C=O) groups excluding carboxylic acids is 1. The van der Waals surface area contributed by atoms with Crippen LogP contribution < -0.4 is 11.1 Å². The lowest BCUT2D eigenvalue weighted by Crippen LogP contribution is -2.51. The fourth-order valence-electron chi connectivity index (χ4n) is 2.64. The van der Waals surface area contributed by atoms with E-state index in [4.69, 9.17) is 5.73 Å². The molecule has 2 atom stereocenters. The summed E-state index contributed by atoms with van der Waals surface area (Å²) >= 11 is 0. The number of aryl methyl sites for hydroxylation is 1. The molecule has 114 valence electrons. The lowest BCUT2D eigenvalue weighted by Gasteiger charge is -2.37. The minimum atomic E-state index is -0.389. The topological polar surface area (TPSA) is 68.0 Å². The number of halogens is 2. The Labute approximate surface area is 132 Å². The third kappa shape index (κ3) is 4.62. The van der Waals surface area contributed by atoms with Crippen molar-refractivity contribution >= 4 is 36.4 Å². The molecular weight excluding hydrogens is 297 g/mol. The van der Waals surface area contributed by atoms with Crippen LogP contribution in [0.3, 0.4) is 0 Å². The number of amides is 1. The highest BCUT2D eigenvalue weighted by Crippen LogP contribution is 2.32. The van der Waals surface area contributed by atoms with Crippen LogP contribution in [0.1, 0.15) is 38.2 Å². The van der Waals surface area contributed by atoms with Crippen molar-refractivity contribution in [2.45, 2.75) is 45.1 Å². The molecule has 3 N–H and O–H groups in total. The van der Waals surface area contributed by atoms with Gasteiger partial charge in [-0.3, -0.25) is 9.78 Å². The van der Waals surface area contributed by atoms with Gasteiger partial charge in [0.15, 0.2) is 0 Å². The summed E-state index contributed by atoms with van der Waals surface area (Å²) in [4.78, 5) is 16.3. The summed E-state index contributed by atoms with van der Waals surface area (Å²) in [6.07, 6.45) is 7.42. The summed E-state index contributed by atoms with van der Waals surface area (Å²) in [7, 11) is 0. The molecule has 1 saturated carbocycles. The normalized spacial score (nSPS) is 25.1. The summed E-state index contributed by atoms with van der Waals surface area (Å²) in [5.74, 6) is -0.0844. The number of hydrogen-bond acceptors (Lipinski definition) is 3. The SMILES string of the molecule is Cc1cncc(NC(=O)C2CCCCC2(C)N)c1.Cl.Cl. The van der Waals surface area contributed by atoms with Crippen molar-refractivity contribution in [3.8, 4) is 0 Å². The van der Waals surface area contributed by atoms with Gasteiger partial charge in [-0.05, 0) is 38.3 Å². The number of aromatic nitrogens is 1. The molecule has 20 heavy (non-hydrogen) atoms. The maximum Gasteiger partial charge on any atom is 0.229 e. The molecule has 1 aromatic heterocycles. The van der Waals surface area contributed by atoms with Crippen LogP contribution in [0.5, 0.6) is 0 Å². The van der Waals surface area contributed by atoms with E-state index in [1.807, 2.05) is 19.9 Å². The van der Waals surface area contributed by atoms with Gasteiger partial charge in [0.2, 0.25) is 5.91 Å². The van der Waals surface area contributed by atoms with Gasteiger partial charge in [0.05, 0.1) is 17.8 Å². The van der Waals surface area contributed by atoms with E-state index in [9.17, 15) is 4.79 Å². The molecule has 1 aliphatic rings. The Morgan fingerprint density at radius 2 is 2.10 bits per heavy atom. The molecule has 0 aliphatic heterocycles. The molecule has 0 bridgehead atoms. The molecule has 0 spiro atoms. The van der Waals surface area contributed by atoms with Crippen molar-refractivity contribution < 1.29 is 4.79 Å². The first-order chi connectivity index (χ1) is 8.49. The van der Waals surface area contributed by atoms with Crippen LogP contribution in [-0.4, -0.2) is 16.4 Å². The molecule has 1 heterocycles. The van der Waals surface area contributed by atoms with Crippen LogP contribution in [0, 0.1) is 12.8 Å². The standard InChI is InChI=1S/C14H21N3O.2ClH/c1-10-7-11(9-16-8-10)17-13(18)12-5-3-4-6-14(12,2)15;;/h7-9,12H,3-6,15H2,1-2H3,(H,17,18);2*1H. The summed E-state index contributed by atoms with van der Waals surface area (Å²) in [5.41, 5.74) is 7.63. The minimum Gasteiger partial charge on any atom is -0.325 e. The summed E-state index contributed by atoms with van der Waals surface area (Å²) < 4.78 is 0. The number of hydrogen-bond donors (Lipinski definition) is 2. The number of rotatable bonds is 2. The number of nitrogens with two attached hydrogens (primary N) is 1. The second-order valence-corrected chi connectivity index (χ2v) is 5.54. The fourth-order valence-corrected chi connectivity index (χ4v) is 2.64. The summed E-state index contributed by atoms with van der Waals surface area (Å²) in [6, 6.07) is 1.92. The van der Waals surface area contributed by atoms with E-state index >= 15 is 0 Å². The highest BCUT2D eigenvalue weighted by molar-refractivity contribution is 5.93. The van der Waals surface area contributed by atoms with Crippen molar-refractivity contribution in [3.05, 3.63) is 24.0 Å². The molecular formula is C14H23Cl2N3O. The monoisotopic (exact) mass is 319 g/mol. The van der Waals surface area contributed by atoms with E-state index in [0.717, 1.165) is 36.9 Å². The van der Waals surface area contributed by atoms with Crippen LogP contribution >= 0.6 is 24.8 Å². The quantitative estimate of drug-likeness (QED) is 0.880. The average molecular weight is 320 g/mol. The zero-order valence-electron chi connectivity index (χ0n) is 11.9. The maximum atomic E-state index is 12.3. The van der Waals surface area contributed by atoms with E-state index < -0.39 is 0 Å². The van der Waals surface area contributed by atoms with Crippen LogP contribution in [-0.2, 0) is 4.79 Å². The Bertz CT molecular complexity index is 452. The predicted molar refractivity (Wildman–Crippen MR) is 86.7 cm³/mol. The van der Waals surface area contributed by atoms with Gasteiger partial charge < -0.3 is 11.1 Å². The highest BCUT2D eigenvalue weighted by Gasteiger charge is 2.37. The molecule has 4 nitrogen and oxygen atoms in total. The van der Waals surface area contributed by atoms with Gasteiger partial charge in [-0.25, -0.2) is 0 Å². The Morgan fingerprint density at radius 1 is 1.40 bits per heavy atom. The van der Waals surface area contributed by atoms with E-state index in [2.05, 4.69) is 10.3 Å². The molecule has 1 fully saturated rings. The van der Waals surface area contributed by atoms with Crippen LogP contribution in [0.25, 0.3) is 0 Å². The number of carbonyl (C=O) groups is 1. The van der Waals surface area contributed by atoms with Crippen molar-refractivity contribution in [2.24, 2.45) is 11.7 Å². The second-order valence-electron chi connectivity index (χ2n) is 5.54. The Kier molecular flexibility index (Phi) is 7.49. The molecule has 0 aromatic carbocycles. The molecule has 6 heteroatoms. The van der Waals surface area contributed by atoms with Gasteiger partial charge in [0.25, 0.3) is 0 Å². The lowest BCUT2D eigenvalue weighted by atomic mass is 9.74. The predicted octanol–water partition coefficient (Wildman–Crippen LogP) is 3.08. The number of nitrogens with zero attached hydrogens (tertiary/aromatic N) is 1. The van der Waals surface area contributed by atoms with Gasteiger partial charge in [-0.15, -0.1) is 24.8 Å². The molecule has 2 rings (SSSR count). The van der Waals surface area contributed by atoms with Crippen molar-refractivity contribution in [3.63, 3.8) is 0 Å². The van der Waals surface area contributed by atoms with Gasteiger partial charge in [-0.2, -0.15) is 0 Å². The average Bonchev–Trinajstić information content (AvgIpc) is 2.28. The third-order valence-electron chi connectivity index (χ3n) is 3.71. The number of nitrogens with one attached hydrogen (secondary N) is 1.